The van der Waals surface area contributed by atoms with Gasteiger partial charge in [0.2, 0.25) is 0 Å². The summed E-state index contributed by atoms with van der Waals surface area (Å²) < 4.78 is 0. The zero-order valence-corrected chi connectivity index (χ0v) is 16.0. The summed E-state index contributed by atoms with van der Waals surface area (Å²) in [5, 5.41) is 3.83. The second kappa shape index (κ2) is 7.64. The third-order valence-corrected chi connectivity index (χ3v) is 5.92. The summed E-state index contributed by atoms with van der Waals surface area (Å²) in [5.74, 6) is 0.804. The lowest BCUT2D eigenvalue weighted by molar-refractivity contribution is 0.138. The molecule has 2 N–H and O–H groups in total. The van der Waals surface area contributed by atoms with Gasteiger partial charge in [-0.15, -0.1) is 0 Å². The monoisotopic (exact) mass is 364 g/mol. The molecule has 27 heavy (non-hydrogen) atoms. The number of nitrogens with zero attached hydrogens (tertiary/aromatic N) is 4. The largest absolute Gasteiger partial charge is 0.369 e. The van der Waals surface area contributed by atoms with Crippen LogP contribution in [0, 0.1) is 0 Å². The Morgan fingerprint density at radius 2 is 2.07 bits per heavy atom. The van der Waals surface area contributed by atoms with Gasteiger partial charge in [0.25, 0.3) is 0 Å². The molecule has 2 aromatic rings. The maximum Gasteiger partial charge on any atom is 0.139 e. The van der Waals surface area contributed by atoms with E-state index in [1.54, 1.807) is 6.33 Å². The van der Waals surface area contributed by atoms with Gasteiger partial charge in [0.1, 0.15) is 12.1 Å². The molecule has 2 aliphatic rings. The normalized spacial score (nSPS) is 23.6. The summed E-state index contributed by atoms with van der Waals surface area (Å²) >= 11 is 0. The van der Waals surface area contributed by atoms with Crippen molar-refractivity contribution >= 4 is 18.2 Å². The minimum atomic E-state index is 0.249. The fraction of sp³-hybridized carbons (Fsp3) is 0.476. The van der Waals surface area contributed by atoms with Crippen LogP contribution in [0.5, 0.6) is 0 Å². The van der Waals surface area contributed by atoms with Crippen molar-refractivity contribution in [3.8, 4) is 11.1 Å². The Labute approximate surface area is 160 Å². The van der Waals surface area contributed by atoms with Crippen molar-refractivity contribution in [3.05, 3.63) is 36.6 Å². The van der Waals surface area contributed by atoms with E-state index in [1.807, 2.05) is 18.6 Å². The number of aromatic nitrogens is 3. The Morgan fingerprint density at radius 1 is 1.26 bits per heavy atom. The molecule has 2 fully saturated rings. The Bertz CT molecular complexity index is 811. The lowest BCUT2D eigenvalue weighted by Crippen LogP contribution is -2.58. The number of hydrogen-bond acceptors (Lipinski definition) is 5. The van der Waals surface area contributed by atoms with Crippen LogP contribution >= 0.6 is 0 Å². The molecule has 4 heterocycles. The first-order valence-corrected chi connectivity index (χ1v) is 9.86. The maximum absolute atomic E-state index is 4.25. The van der Waals surface area contributed by atoms with Gasteiger partial charge < -0.3 is 15.2 Å². The molecule has 2 aromatic heterocycles. The number of aliphatic imine (C=N–C) groups is 1. The summed E-state index contributed by atoms with van der Waals surface area (Å²) in [6.07, 6.45) is 15.8. The Balaban J connectivity index is 1.71. The van der Waals surface area contributed by atoms with Crippen LogP contribution in [0.4, 0.5) is 5.82 Å². The van der Waals surface area contributed by atoms with Gasteiger partial charge in [-0.3, -0.25) is 0 Å². The molecule has 4 rings (SSSR count). The van der Waals surface area contributed by atoms with E-state index in [0.717, 1.165) is 42.1 Å². The fourth-order valence-corrected chi connectivity index (χ4v) is 4.66. The quantitative estimate of drug-likeness (QED) is 0.810. The molecule has 0 aliphatic carbocycles. The van der Waals surface area contributed by atoms with E-state index >= 15 is 0 Å². The molecular weight excluding hydrogens is 336 g/mol. The number of H-pyrrole nitrogens is 1. The van der Waals surface area contributed by atoms with Crippen molar-refractivity contribution in [2.75, 3.05) is 19.6 Å². The van der Waals surface area contributed by atoms with Crippen LogP contribution in [0.15, 0.2) is 36.0 Å². The highest BCUT2D eigenvalue weighted by atomic mass is 15.2. The molecule has 6 heteroatoms. The Morgan fingerprint density at radius 3 is 2.78 bits per heavy atom. The lowest BCUT2D eigenvalue weighted by atomic mass is 9.81. The summed E-state index contributed by atoms with van der Waals surface area (Å²) in [6, 6.07) is 0. The van der Waals surface area contributed by atoms with E-state index in [9.17, 15) is 0 Å². The minimum absolute atomic E-state index is 0.249. The summed E-state index contributed by atoms with van der Waals surface area (Å²) in [4.78, 5) is 18.4. The van der Waals surface area contributed by atoms with Crippen molar-refractivity contribution in [1.82, 2.24) is 25.2 Å². The van der Waals surface area contributed by atoms with E-state index in [1.165, 1.54) is 37.8 Å². The second-order valence-corrected chi connectivity index (χ2v) is 7.57. The summed E-state index contributed by atoms with van der Waals surface area (Å²) in [7, 11) is 0. The van der Waals surface area contributed by atoms with Gasteiger partial charge in [-0.25, -0.2) is 15.0 Å². The molecule has 142 valence electrons. The van der Waals surface area contributed by atoms with E-state index in [0.29, 0.717) is 0 Å². The maximum atomic E-state index is 4.25. The predicted octanol–water partition coefficient (Wildman–Crippen LogP) is 3.77. The molecule has 0 radical (unpaired) electrons. The molecule has 6 nitrogen and oxygen atoms in total. The third-order valence-electron chi connectivity index (χ3n) is 5.92. The second-order valence-electron chi connectivity index (χ2n) is 7.57. The first kappa shape index (κ1) is 17.9. The average molecular weight is 364 g/mol. The average Bonchev–Trinajstić information content (AvgIpc) is 3.14. The van der Waals surface area contributed by atoms with Crippen molar-refractivity contribution < 1.29 is 0 Å². The van der Waals surface area contributed by atoms with Crippen molar-refractivity contribution in [3.63, 3.8) is 0 Å². The van der Waals surface area contributed by atoms with E-state index in [-0.39, 0.29) is 5.54 Å². The summed E-state index contributed by atoms with van der Waals surface area (Å²) in [5.41, 5.74) is 4.61. The number of allylic oxidation sites excluding steroid dienone is 1. The SMILES string of the molecule is C=Nc1[nH]cc(-c2cncnc2)c1/C(=C\C)N1CCCC2(CCCCN2)C1. The lowest BCUT2D eigenvalue weighted by Gasteiger charge is -2.47. The van der Waals surface area contributed by atoms with E-state index in [4.69, 9.17) is 0 Å². The van der Waals surface area contributed by atoms with Crippen LogP contribution in [-0.4, -0.2) is 51.7 Å². The molecule has 0 aromatic carbocycles. The molecule has 1 unspecified atom stereocenters. The minimum Gasteiger partial charge on any atom is -0.369 e. The molecule has 2 aliphatic heterocycles. The highest BCUT2D eigenvalue weighted by molar-refractivity contribution is 5.86. The van der Waals surface area contributed by atoms with Gasteiger partial charge in [0, 0.05) is 59.6 Å². The third kappa shape index (κ3) is 3.41. The topological polar surface area (TPSA) is 69.2 Å². The van der Waals surface area contributed by atoms with E-state index < -0.39 is 0 Å². The Hall–Kier alpha value is -2.47. The number of likely N-dealkylation sites (tertiary alicyclic amines) is 1. The standard InChI is InChI=1S/C21H28N6/c1-3-18(27-10-6-8-21(14-27)7-4-5-9-26-21)19-17(13-25-20(19)22-2)16-11-23-15-24-12-16/h3,11-13,15,25-26H,2,4-10,14H2,1H3/b18-3+. The van der Waals surface area contributed by atoms with Crippen molar-refractivity contribution in [2.24, 2.45) is 4.99 Å². The van der Waals surface area contributed by atoms with Crippen LogP contribution in [0.3, 0.4) is 0 Å². The van der Waals surface area contributed by atoms with Crippen molar-refractivity contribution in [1.29, 1.82) is 0 Å². The molecule has 0 amide bonds. The van der Waals surface area contributed by atoms with Crippen LogP contribution < -0.4 is 5.32 Å². The van der Waals surface area contributed by atoms with Gasteiger partial charge in [-0.1, -0.05) is 12.5 Å². The van der Waals surface area contributed by atoms with Crippen molar-refractivity contribution in [2.45, 2.75) is 44.6 Å². The Kier molecular flexibility index (Phi) is 5.07. The predicted molar refractivity (Wildman–Crippen MR) is 110 cm³/mol. The van der Waals surface area contributed by atoms with Gasteiger partial charge in [0.15, 0.2) is 0 Å². The zero-order chi connectivity index (χ0) is 18.7. The first-order valence-electron chi connectivity index (χ1n) is 9.86. The molecule has 0 saturated carbocycles. The van der Waals surface area contributed by atoms with Gasteiger partial charge in [-0.2, -0.15) is 0 Å². The van der Waals surface area contributed by atoms with Gasteiger partial charge >= 0.3 is 0 Å². The first-order chi connectivity index (χ1) is 13.3. The van der Waals surface area contributed by atoms with Crippen LogP contribution in [0.1, 0.15) is 44.6 Å². The smallest absolute Gasteiger partial charge is 0.139 e. The zero-order valence-electron chi connectivity index (χ0n) is 16.0. The number of rotatable bonds is 4. The van der Waals surface area contributed by atoms with Gasteiger partial charge in [0.05, 0.1) is 0 Å². The summed E-state index contributed by atoms with van der Waals surface area (Å²) in [6.45, 7) is 9.12. The molecule has 2 saturated heterocycles. The highest BCUT2D eigenvalue weighted by Crippen LogP contribution is 2.40. The number of aromatic amines is 1. The van der Waals surface area contributed by atoms with Crippen LogP contribution in [0.25, 0.3) is 16.8 Å². The van der Waals surface area contributed by atoms with Gasteiger partial charge in [-0.05, 0) is 45.9 Å². The van der Waals surface area contributed by atoms with Crippen LogP contribution in [0.2, 0.25) is 0 Å². The number of nitrogens with one attached hydrogen (secondary N) is 2. The fourth-order valence-electron chi connectivity index (χ4n) is 4.66. The van der Waals surface area contributed by atoms with E-state index in [2.05, 4.69) is 49.9 Å². The highest BCUT2D eigenvalue weighted by Gasteiger charge is 2.37. The number of piperidine rings is 2. The molecule has 1 atom stereocenters. The molecule has 0 bridgehead atoms. The molecule has 1 spiro atoms. The van der Waals surface area contributed by atoms with Crippen LogP contribution in [-0.2, 0) is 0 Å². The molecular formula is C21H28N6. The number of hydrogen-bond donors (Lipinski definition) is 2.